The lowest BCUT2D eigenvalue weighted by Gasteiger charge is -2.17. The number of benzene rings is 3. The lowest BCUT2D eigenvalue weighted by Crippen LogP contribution is -2.29. The normalized spacial score (nSPS) is 12.7. The Morgan fingerprint density at radius 2 is 1.53 bits per heavy atom. The Balaban J connectivity index is 1.67. The summed E-state index contributed by atoms with van der Waals surface area (Å²) < 4.78 is 0. The van der Waals surface area contributed by atoms with Crippen molar-refractivity contribution in [1.29, 1.82) is 0 Å². The van der Waals surface area contributed by atoms with Gasteiger partial charge >= 0.3 is 0 Å². The molecule has 0 spiro atoms. The molecule has 0 aliphatic rings. The minimum atomic E-state index is -0.121. The van der Waals surface area contributed by atoms with Gasteiger partial charge in [-0.2, -0.15) is 10.2 Å². The molecule has 0 aromatic heterocycles. The van der Waals surface area contributed by atoms with Gasteiger partial charge in [-0.25, -0.2) is 4.99 Å². The number of phenolic OH excluding ortho intramolecular Hbond substituents is 1. The van der Waals surface area contributed by atoms with Crippen LogP contribution in [0, 0.1) is 6.92 Å². The number of phenols is 1. The minimum Gasteiger partial charge on any atom is -0.507 e. The number of hydrazone groups is 2. The van der Waals surface area contributed by atoms with Crippen LogP contribution in [-0.4, -0.2) is 40.7 Å². The van der Waals surface area contributed by atoms with Crippen LogP contribution in [0.2, 0.25) is 0 Å². The third-order valence-electron chi connectivity index (χ3n) is 4.56. The molecule has 0 unspecified atom stereocenters. The van der Waals surface area contributed by atoms with Gasteiger partial charge in [-0.05, 0) is 61.4 Å². The van der Waals surface area contributed by atoms with E-state index in [0.717, 1.165) is 16.9 Å². The summed E-state index contributed by atoms with van der Waals surface area (Å²) in [6, 6.07) is 23.3. The Bertz CT molecular complexity index is 1140. The summed E-state index contributed by atoms with van der Waals surface area (Å²) in [5, 5.41) is 23.3. The molecule has 34 heavy (non-hydrogen) atoms. The number of rotatable bonds is 9. The fourth-order valence-electron chi connectivity index (χ4n) is 2.93. The molecule has 176 valence electrons. The predicted molar refractivity (Wildman–Crippen MR) is 149 cm³/mol. The van der Waals surface area contributed by atoms with Gasteiger partial charge in [0.15, 0.2) is 10.7 Å². The third kappa shape index (κ3) is 7.86. The Kier molecular flexibility index (Phi) is 9.87. The molecule has 0 bridgehead atoms. The summed E-state index contributed by atoms with van der Waals surface area (Å²) >= 11 is 3.04. The van der Waals surface area contributed by atoms with E-state index in [2.05, 4.69) is 31.4 Å². The van der Waals surface area contributed by atoms with Crippen molar-refractivity contribution in [2.45, 2.75) is 12.4 Å². The molecule has 0 aliphatic heterocycles. The van der Waals surface area contributed by atoms with Gasteiger partial charge in [0.2, 0.25) is 0 Å². The molecule has 0 aliphatic carbocycles. The van der Waals surface area contributed by atoms with Crippen molar-refractivity contribution in [3.05, 3.63) is 89.5 Å². The van der Waals surface area contributed by atoms with Crippen molar-refractivity contribution in [3.63, 3.8) is 0 Å². The zero-order valence-corrected chi connectivity index (χ0v) is 20.9. The molecule has 7 nitrogen and oxygen atoms in total. The van der Waals surface area contributed by atoms with E-state index in [-0.39, 0.29) is 11.2 Å². The predicted octanol–water partition coefficient (Wildman–Crippen LogP) is 5.36. The van der Waals surface area contributed by atoms with Crippen LogP contribution in [0.4, 0.5) is 11.4 Å². The van der Waals surface area contributed by atoms with Gasteiger partial charge in [-0.15, -0.1) is 11.8 Å². The Morgan fingerprint density at radius 3 is 2.15 bits per heavy atom. The standard InChI is InChI=1S/C25H28N6OS2/c1-18-14-19(16-26-30-24(33-2)28-21-10-6-4-7-11-21)23(32)20(15-18)17-27-31-25(34-3)29-22-12-8-5-9-13-22/h4-17,24,28,30,32H,1-3H3,(H,29,31)/b26-16-,27-17-/t24-/m1/s1. The average molecular weight is 493 g/mol. The Hall–Kier alpha value is -3.43. The molecule has 0 heterocycles. The molecule has 0 fully saturated rings. The minimum absolute atomic E-state index is 0.101. The van der Waals surface area contributed by atoms with Gasteiger partial charge in [0, 0.05) is 16.8 Å². The van der Waals surface area contributed by atoms with E-state index in [1.807, 2.05) is 92.2 Å². The van der Waals surface area contributed by atoms with Crippen molar-refractivity contribution < 1.29 is 5.11 Å². The molecule has 3 aromatic rings. The number of hydrogen-bond donors (Lipinski definition) is 4. The Morgan fingerprint density at radius 1 is 0.912 bits per heavy atom. The largest absolute Gasteiger partial charge is 0.507 e. The summed E-state index contributed by atoms with van der Waals surface area (Å²) in [6.45, 7) is 1.96. The molecular formula is C25H28N6OS2. The van der Waals surface area contributed by atoms with E-state index in [0.29, 0.717) is 16.3 Å². The summed E-state index contributed by atoms with van der Waals surface area (Å²) in [7, 11) is 0. The quantitative estimate of drug-likeness (QED) is 0.139. The first-order chi connectivity index (χ1) is 16.6. The molecule has 3 aromatic carbocycles. The smallest absolute Gasteiger partial charge is 0.182 e. The zero-order chi connectivity index (χ0) is 24.2. The van der Waals surface area contributed by atoms with Gasteiger partial charge in [-0.1, -0.05) is 48.2 Å². The SMILES string of the molecule is CSC(=Nc1ccccc1)N/N=C\c1cc(C)cc(/C=N\N[C@@H](Nc2ccccc2)SC)c1O. The molecule has 0 amide bonds. The van der Waals surface area contributed by atoms with Crippen molar-refractivity contribution >= 4 is 52.5 Å². The van der Waals surface area contributed by atoms with Crippen LogP contribution in [0.1, 0.15) is 16.7 Å². The molecule has 0 radical (unpaired) electrons. The van der Waals surface area contributed by atoms with Gasteiger partial charge < -0.3 is 10.4 Å². The van der Waals surface area contributed by atoms with Crippen LogP contribution in [0.25, 0.3) is 0 Å². The number of anilines is 1. The summed E-state index contributed by atoms with van der Waals surface area (Å²) in [5.74, 6) is 0.101. The highest BCUT2D eigenvalue weighted by Gasteiger charge is 2.07. The van der Waals surface area contributed by atoms with Crippen molar-refractivity contribution in [2.24, 2.45) is 15.2 Å². The van der Waals surface area contributed by atoms with Crippen molar-refractivity contribution in [2.75, 3.05) is 17.8 Å². The fourth-order valence-corrected chi connectivity index (χ4v) is 3.69. The van der Waals surface area contributed by atoms with E-state index in [1.54, 1.807) is 24.2 Å². The number of para-hydroxylation sites is 2. The van der Waals surface area contributed by atoms with Crippen LogP contribution in [0.15, 0.2) is 88.0 Å². The molecule has 0 saturated carbocycles. The average Bonchev–Trinajstić information content (AvgIpc) is 2.86. The highest BCUT2D eigenvalue weighted by Crippen LogP contribution is 2.22. The topological polar surface area (TPSA) is 93.4 Å². The molecular weight excluding hydrogens is 464 g/mol. The van der Waals surface area contributed by atoms with E-state index in [9.17, 15) is 5.11 Å². The maximum Gasteiger partial charge on any atom is 0.182 e. The van der Waals surface area contributed by atoms with Crippen molar-refractivity contribution in [1.82, 2.24) is 10.9 Å². The van der Waals surface area contributed by atoms with Gasteiger partial charge in [0.25, 0.3) is 0 Å². The molecule has 4 N–H and O–H groups in total. The number of aliphatic imine (C=N–C) groups is 1. The summed E-state index contributed by atoms with van der Waals surface area (Å²) in [5.41, 5.74) is 9.87. The molecule has 1 atom stereocenters. The summed E-state index contributed by atoms with van der Waals surface area (Å²) in [4.78, 5) is 4.52. The lowest BCUT2D eigenvalue weighted by molar-refractivity contribution is 0.473. The van der Waals surface area contributed by atoms with Gasteiger partial charge in [0.1, 0.15) is 5.75 Å². The monoisotopic (exact) mass is 492 g/mol. The van der Waals surface area contributed by atoms with E-state index >= 15 is 0 Å². The molecule has 0 saturated heterocycles. The van der Waals surface area contributed by atoms with Crippen LogP contribution in [0.5, 0.6) is 5.75 Å². The second-order valence-corrected chi connectivity index (χ2v) is 8.87. The third-order valence-corrected chi connectivity index (χ3v) is 5.82. The second kappa shape index (κ2) is 13.3. The second-order valence-electron chi connectivity index (χ2n) is 7.13. The number of thioether (sulfide) groups is 2. The molecule has 9 heteroatoms. The van der Waals surface area contributed by atoms with Crippen LogP contribution >= 0.6 is 23.5 Å². The number of aryl methyl sites for hydroxylation is 1. The Labute approximate surface area is 208 Å². The van der Waals surface area contributed by atoms with Crippen molar-refractivity contribution in [3.8, 4) is 5.75 Å². The first-order valence-corrected chi connectivity index (χ1v) is 13.0. The first kappa shape index (κ1) is 25.2. The fraction of sp³-hybridized carbons (Fsp3) is 0.160. The van der Waals surface area contributed by atoms with Crippen LogP contribution in [-0.2, 0) is 0 Å². The summed E-state index contributed by atoms with van der Waals surface area (Å²) in [6.07, 6.45) is 7.09. The maximum absolute atomic E-state index is 10.7. The van der Waals surface area contributed by atoms with Crippen LogP contribution in [0.3, 0.4) is 0 Å². The first-order valence-electron chi connectivity index (χ1n) is 10.5. The van der Waals surface area contributed by atoms with E-state index in [1.165, 1.54) is 11.8 Å². The number of hydrogen-bond acceptors (Lipinski definition) is 8. The van der Waals surface area contributed by atoms with Gasteiger partial charge in [-0.3, -0.25) is 10.9 Å². The van der Waals surface area contributed by atoms with E-state index in [4.69, 9.17) is 0 Å². The lowest BCUT2D eigenvalue weighted by atomic mass is 10.1. The number of amidine groups is 1. The number of nitrogens with one attached hydrogen (secondary N) is 3. The zero-order valence-electron chi connectivity index (χ0n) is 19.3. The highest BCUT2D eigenvalue weighted by molar-refractivity contribution is 8.13. The highest BCUT2D eigenvalue weighted by atomic mass is 32.2. The van der Waals surface area contributed by atoms with E-state index < -0.39 is 0 Å². The maximum atomic E-state index is 10.7. The number of aromatic hydroxyl groups is 1. The number of nitrogens with zero attached hydrogens (tertiary/aromatic N) is 3. The molecule has 3 rings (SSSR count). The van der Waals surface area contributed by atoms with Crippen LogP contribution < -0.4 is 16.2 Å². The van der Waals surface area contributed by atoms with Gasteiger partial charge in [0.05, 0.1) is 18.1 Å².